The van der Waals surface area contributed by atoms with Crippen LogP contribution in [0.1, 0.15) is 6.92 Å². The van der Waals surface area contributed by atoms with Gasteiger partial charge in [0.05, 0.1) is 32.5 Å². The van der Waals surface area contributed by atoms with E-state index in [0.717, 1.165) is 0 Å². The summed E-state index contributed by atoms with van der Waals surface area (Å²) >= 11 is 0. The first-order valence-corrected chi connectivity index (χ1v) is 9.72. The molecule has 0 radical (unpaired) electrons. The molecule has 2 aliphatic heterocycles. The molecule has 2 rings (SSSR count). The molecule has 2 saturated heterocycles. The van der Waals surface area contributed by atoms with Gasteiger partial charge >= 0.3 is 0 Å². The normalized spacial score (nSPS) is 42.2. The summed E-state index contributed by atoms with van der Waals surface area (Å²) in [4.78, 5) is 11.5. The largest absolute Gasteiger partial charge is 0.394 e. The third kappa shape index (κ3) is 6.50. The van der Waals surface area contributed by atoms with Crippen LogP contribution in [0.15, 0.2) is 0 Å². The van der Waals surface area contributed by atoms with Gasteiger partial charge in [0, 0.05) is 6.92 Å². The summed E-state index contributed by atoms with van der Waals surface area (Å²) in [7, 11) is 0. The Bertz CT molecular complexity index is 524. The zero-order valence-electron chi connectivity index (χ0n) is 16.8. The smallest absolute Gasteiger partial charge is 0.217 e. The minimum absolute atomic E-state index is 0.320. The highest BCUT2D eigenvalue weighted by molar-refractivity contribution is 5.73. The lowest BCUT2D eigenvalue weighted by atomic mass is 9.99. The van der Waals surface area contributed by atoms with Crippen LogP contribution in [-0.2, 0) is 23.7 Å². The topological polar surface area (TPSA) is 228 Å². The second kappa shape index (κ2) is 11.7. The van der Waals surface area contributed by atoms with Crippen LogP contribution in [0.4, 0.5) is 0 Å². The highest BCUT2D eigenvalue weighted by atomic mass is 16.7. The molecule has 14 heteroatoms. The molecular weight excluding hydrogens is 426 g/mol. The molecule has 1 amide bonds. The van der Waals surface area contributed by atoms with E-state index in [2.05, 4.69) is 5.32 Å². The predicted molar refractivity (Wildman–Crippen MR) is 97.0 cm³/mol. The van der Waals surface area contributed by atoms with Gasteiger partial charge < -0.3 is 65.1 Å². The lowest BCUT2D eigenvalue weighted by Crippen LogP contribution is -2.60. The average molecular weight is 457 g/mol. The summed E-state index contributed by atoms with van der Waals surface area (Å²) in [5.74, 6) is -0.472. The van der Waals surface area contributed by atoms with Gasteiger partial charge in [0.25, 0.3) is 0 Å². The fraction of sp³-hybridized carbons (Fsp3) is 0.941. The lowest BCUT2D eigenvalue weighted by molar-refractivity contribution is -0.309. The van der Waals surface area contributed by atoms with Crippen molar-refractivity contribution < 1.29 is 64.6 Å². The summed E-state index contributed by atoms with van der Waals surface area (Å²) in [5.41, 5.74) is 0. The average Bonchev–Trinajstić information content (AvgIpc) is 2.74. The van der Waals surface area contributed by atoms with Crippen LogP contribution in [0.25, 0.3) is 0 Å². The van der Waals surface area contributed by atoms with Crippen LogP contribution >= 0.6 is 0 Å². The fourth-order valence-electron chi connectivity index (χ4n) is 3.25. The van der Waals surface area contributed by atoms with E-state index in [-0.39, 0.29) is 13.2 Å². The molecule has 0 bridgehead atoms. The first-order chi connectivity index (χ1) is 14.6. The molecule has 10 atom stereocenters. The number of carbonyl (C=O) groups excluding carboxylic acids is 1. The minimum Gasteiger partial charge on any atom is -0.394 e. The summed E-state index contributed by atoms with van der Waals surface area (Å²) in [6.07, 6.45) is -14.9. The molecule has 0 aromatic heterocycles. The monoisotopic (exact) mass is 457 g/mol. The highest BCUT2D eigenvalue weighted by Crippen LogP contribution is 2.23. The Morgan fingerprint density at radius 1 is 0.774 bits per heavy atom. The van der Waals surface area contributed by atoms with Crippen LogP contribution in [0, 0.1) is 0 Å². The van der Waals surface area contributed by atoms with Crippen LogP contribution in [0.5, 0.6) is 0 Å². The van der Waals surface area contributed by atoms with Crippen molar-refractivity contribution in [3.8, 4) is 0 Å². The van der Waals surface area contributed by atoms with Crippen LogP contribution < -0.4 is 5.32 Å². The maximum Gasteiger partial charge on any atom is 0.217 e. The fourth-order valence-corrected chi connectivity index (χ4v) is 3.25. The van der Waals surface area contributed by atoms with Crippen LogP contribution in [0.2, 0.25) is 0 Å². The number of hydrogen-bond donors (Lipinski definition) is 9. The molecule has 2 fully saturated rings. The number of aliphatic hydroxyl groups is 8. The van der Waals surface area contributed by atoms with Crippen molar-refractivity contribution in [2.24, 2.45) is 0 Å². The Morgan fingerprint density at radius 2 is 1.16 bits per heavy atom. The number of carbonyl (C=O) groups is 1. The Kier molecular flexibility index (Phi) is 9.94. The molecule has 4 unspecified atom stereocenters. The number of amides is 1. The van der Waals surface area contributed by atoms with Gasteiger partial charge in [-0.15, -0.1) is 0 Å². The lowest BCUT2D eigenvalue weighted by Gasteiger charge is -2.40. The summed E-state index contributed by atoms with van der Waals surface area (Å²) in [5, 5.41) is 80.1. The third-order valence-electron chi connectivity index (χ3n) is 5.03. The Balaban J connectivity index is 1.95. The molecule has 0 spiro atoms. The quantitative estimate of drug-likeness (QED) is 0.157. The minimum atomic E-state index is -1.64. The van der Waals surface area contributed by atoms with E-state index in [1.54, 1.807) is 0 Å². The Labute approximate surface area is 177 Å². The van der Waals surface area contributed by atoms with Crippen molar-refractivity contribution in [3.63, 3.8) is 0 Å². The van der Waals surface area contributed by atoms with E-state index < -0.39 is 86.6 Å². The number of nitrogens with one attached hydrogen (secondary N) is 1. The number of rotatable bonds is 9. The molecule has 0 aromatic rings. The first-order valence-electron chi connectivity index (χ1n) is 9.72. The molecular formula is C17H31NO13. The third-order valence-corrected chi connectivity index (χ3v) is 5.03. The summed E-state index contributed by atoms with van der Waals surface area (Å²) < 4.78 is 21.2. The maximum absolute atomic E-state index is 11.5. The molecule has 0 aliphatic carbocycles. The van der Waals surface area contributed by atoms with E-state index in [1.807, 2.05) is 0 Å². The number of ether oxygens (including phenoxy) is 4. The molecule has 2 heterocycles. The van der Waals surface area contributed by atoms with E-state index >= 15 is 0 Å². The number of hydrogen-bond acceptors (Lipinski definition) is 13. The summed E-state index contributed by atoms with van der Waals surface area (Å²) in [6, 6.07) is -0.878. The SMILES string of the molecule is CC(=O)NC(CO[C@H]1OC(CO)[C@H](O)[C@@H](O)C1O)CO[C@H]1OC(CO)[C@H](O)[C@@H](O)C1O. The van der Waals surface area contributed by atoms with Gasteiger partial charge in [-0.3, -0.25) is 4.79 Å². The molecule has 2 aliphatic rings. The molecule has 31 heavy (non-hydrogen) atoms. The van der Waals surface area contributed by atoms with Crippen molar-refractivity contribution in [2.45, 2.75) is 74.4 Å². The van der Waals surface area contributed by atoms with Crippen molar-refractivity contribution in [2.75, 3.05) is 26.4 Å². The predicted octanol–water partition coefficient (Wildman–Crippen LogP) is -5.88. The van der Waals surface area contributed by atoms with Gasteiger partial charge in [0.1, 0.15) is 48.8 Å². The van der Waals surface area contributed by atoms with Crippen molar-refractivity contribution in [1.82, 2.24) is 5.32 Å². The molecule has 0 aromatic carbocycles. The van der Waals surface area contributed by atoms with Gasteiger partial charge in [-0.1, -0.05) is 0 Å². The molecule has 182 valence electrons. The first kappa shape index (κ1) is 26.2. The van der Waals surface area contributed by atoms with E-state index in [1.165, 1.54) is 6.92 Å². The zero-order valence-corrected chi connectivity index (χ0v) is 16.8. The molecule has 14 nitrogen and oxygen atoms in total. The Hall–Kier alpha value is -1.01. The van der Waals surface area contributed by atoms with Crippen molar-refractivity contribution in [1.29, 1.82) is 0 Å². The van der Waals surface area contributed by atoms with E-state index in [9.17, 15) is 45.6 Å². The standard InChI is InChI=1S/C17H31NO13/c1-6(21)18-7(4-28-16-14(26)12(24)10(22)8(2-19)30-16)5-29-17-15(27)13(25)11(23)9(3-20)31-17/h7-17,19-20,22-27H,2-5H2,1H3,(H,18,21)/t7?,8?,9?,10-,11-,12+,13+,14?,15?,16-,17-/m0/s1. The van der Waals surface area contributed by atoms with Gasteiger partial charge in [-0.2, -0.15) is 0 Å². The highest BCUT2D eigenvalue weighted by Gasteiger charge is 2.45. The van der Waals surface area contributed by atoms with Gasteiger partial charge in [0.15, 0.2) is 12.6 Å². The maximum atomic E-state index is 11.5. The zero-order chi connectivity index (χ0) is 23.3. The van der Waals surface area contributed by atoms with Crippen molar-refractivity contribution in [3.05, 3.63) is 0 Å². The van der Waals surface area contributed by atoms with Crippen LogP contribution in [-0.4, -0.2) is 141 Å². The second-order valence-corrected chi connectivity index (χ2v) is 7.46. The second-order valence-electron chi connectivity index (χ2n) is 7.46. The molecule has 9 N–H and O–H groups in total. The van der Waals surface area contributed by atoms with E-state index in [0.29, 0.717) is 0 Å². The summed E-state index contributed by atoms with van der Waals surface area (Å²) in [6.45, 7) is -0.700. The number of aliphatic hydroxyl groups excluding tert-OH is 8. The van der Waals surface area contributed by atoms with E-state index in [4.69, 9.17) is 18.9 Å². The van der Waals surface area contributed by atoms with Crippen molar-refractivity contribution >= 4 is 5.91 Å². The van der Waals surface area contributed by atoms with Gasteiger partial charge in [0.2, 0.25) is 5.91 Å². The van der Waals surface area contributed by atoms with Crippen LogP contribution in [0.3, 0.4) is 0 Å². The van der Waals surface area contributed by atoms with Gasteiger partial charge in [-0.05, 0) is 0 Å². The Morgan fingerprint density at radius 3 is 1.48 bits per heavy atom. The molecule has 0 saturated carbocycles. The van der Waals surface area contributed by atoms with Gasteiger partial charge in [-0.25, -0.2) is 0 Å².